The van der Waals surface area contributed by atoms with E-state index in [0.29, 0.717) is 61.3 Å². The standard InChI is InChI=1S/2C19H20N3O3P/c1-3-24-26(23,25-4-2)17-8-5-15(6-9-17)13-22-14-21-18-11-16(12-20)7-10-19(18)22;1-3-24-26(23,25-4-2)17-8-5-15(6-9-17)13-22-14-21-18-10-7-16(12-20)11-19(18)22/h2*5-11,14H,3-4,13H2,1-2H3. The first-order chi connectivity index (χ1) is 25.2. The monoisotopic (exact) mass is 738 g/mol. The minimum Gasteiger partial charge on any atom is -0.326 e. The van der Waals surface area contributed by atoms with Crippen molar-refractivity contribution in [2.75, 3.05) is 26.4 Å². The van der Waals surface area contributed by atoms with Gasteiger partial charge in [-0.15, -0.1) is 0 Å². The average molecular weight is 739 g/mol. The van der Waals surface area contributed by atoms with E-state index in [1.54, 1.807) is 82.8 Å². The van der Waals surface area contributed by atoms with Crippen LogP contribution in [0.4, 0.5) is 0 Å². The zero-order valence-corrected chi connectivity index (χ0v) is 31.3. The molecule has 0 atom stereocenters. The van der Waals surface area contributed by atoms with Gasteiger partial charge in [-0.1, -0.05) is 24.3 Å². The van der Waals surface area contributed by atoms with Crippen molar-refractivity contribution in [1.82, 2.24) is 19.1 Å². The number of rotatable bonds is 14. The third kappa shape index (κ3) is 8.93. The van der Waals surface area contributed by atoms with Crippen molar-refractivity contribution < 1.29 is 27.2 Å². The first-order valence-electron chi connectivity index (χ1n) is 16.9. The van der Waals surface area contributed by atoms with E-state index >= 15 is 0 Å². The first kappa shape index (κ1) is 38.3. The minimum absolute atomic E-state index is 0.321. The van der Waals surface area contributed by atoms with E-state index in [4.69, 9.17) is 28.6 Å². The predicted molar refractivity (Wildman–Crippen MR) is 201 cm³/mol. The Morgan fingerprint density at radius 2 is 0.981 bits per heavy atom. The zero-order chi connectivity index (χ0) is 37.1. The Bertz CT molecular complexity index is 2290. The smallest absolute Gasteiger partial charge is 0.326 e. The molecule has 0 radical (unpaired) electrons. The lowest BCUT2D eigenvalue weighted by atomic mass is 10.2. The Balaban J connectivity index is 0.000000201. The first-order valence-corrected chi connectivity index (χ1v) is 19.9. The molecule has 0 fully saturated rings. The van der Waals surface area contributed by atoms with Crippen molar-refractivity contribution in [3.63, 3.8) is 0 Å². The van der Waals surface area contributed by atoms with Crippen molar-refractivity contribution >= 4 is 47.9 Å². The topological polar surface area (TPSA) is 154 Å². The minimum atomic E-state index is -3.27. The van der Waals surface area contributed by atoms with Crippen LogP contribution in [0.2, 0.25) is 0 Å². The predicted octanol–water partition coefficient (Wildman–Crippen LogP) is 7.70. The summed E-state index contributed by atoms with van der Waals surface area (Å²) in [6, 6.07) is 29.9. The molecule has 0 N–H and O–H groups in total. The van der Waals surface area contributed by atoms with E-state index in [0.717, 1.165) is 33.2 Å². The lowest BCUT2D eigenvalue weighted by Gasteiger charge is -2.17. The lowest BCUT2D eigenvalue weighted by Crippen LogP contribution is -2.11. The van der Waals surface area contributed by atoms with Gasteiger partial charge in [0, 0.05) is 13.1 Å². The Labute approximate surface area is 303 Å². The molecule has 0 aliphatic carbocycles. The van der Waals surface area contributed by atoms with Gasteiger partial charge in [0.15, 0.2) is 0 Å². The second kappa shape index (κ2) is 17.5. The molecular formula is C38H40N6O6P2. The van der Waals surface area contributed by atoms with E-state index in [1.807, 2.05) is 51.6 Å². The number of imidazole rings is 2. The van der Waals surface area contributed by atoms with Crippen LogP contribution < -0.4 is 10.6 Å². The summed E-state index contributed by atoms with van der Waals surface area (Å²) in [5, 5.41) is 19.2. The van der Waals surface area contributed by atoms with Crippen LogP contribution in [0, 0.1) is 22.7 Å². The molecule has 12 nitrogen and oxygen atoms in total. The van der Waals surface area contributed by atoms with Crippen LogP contribution in [0.1, 0.15) is 49.9 Å². The summed E-state index contributed by atoms with van der Waals surface area (Å²) in [5.74, 6) is 0. The molecule has 0 saturated heterocycles. The van der Waals surface area contributed by atoms with Gasteiger partial charge in [0.1, 0.15) is 0 Å². The molecule has 0 bridgehead atoms. The number of nitriles is 2. The molecule has 6 aromatic rings. The van der Waals surface area contributed by atoms with Crippen molar-refractivity contribution in [2.24, 2.45) is 0 Å². The van der Waals surface area contributed by atoms with Crippen LogP contribution in [-0.4, -0.2) is 45.5 Å². The summed E-state index contributed by atoms with van der Waals surface area (Å²) < 4.78 is 51.1. The van der Waals surface area contributed by atoms with Crippen molar-refractivity contribution in [1.29, 1.82) is 10.5 Å². The van der Waals surface area contributed by atoms with Crippen LogP contribution in [0.3, 0.4) is 0 Å². The second-order valence-corrected chi connectivity index (χ2v) is 15.4. The van der Waals surface area contributed by atoms with Gasteiger partial charge in [0.25, 0.3) is 0 Å². The van der Waals surface area contributed by atoms with Crippen LogP contribution in [0.5, 0.6) is 0 Å². The normalized spacial score (nSPS) is 11.6. The van der Waals surface area contributed by atoms with E-state index in [2.05, 4.69) is 22.1 Å². The van der Waals surface area contributed by atoms with Gasteiger partial charge in [-0.05, 0) is 99.5 Å². The molecule has 52 heavy (non-hydrogen) atoms. The summed E-state index contributed by atoms with van der Waals surface area (Å²) in [7, 11) is -6.53. The molecule has 14 heteroatoms. The van der Waals surface area contributed by atoms with Crippen LogP contribution in [-0.2, 0) is 40.3 Å². The largest absolute Gasteiger partial charge is 0.361 e. The molecule has 4 aromatic carbocycles. The van der Waals surface area contributed by atoms with Crippen LogP contribution >= 0.6 is 15.2 Å². The summed E-state index contributed by atoms with van der Waals surface area (Å²) in [6.45, 7) is 9.68. The molecule has 0 spiro atoms. The van der Waals surface area contributed by atoms with E-state index in [9.17, 15) is 9.13 Å². The third-order valence-electron chi connectivity index (χ3n) is 7.91. The van der Waals surface area contributed by atoms with Crippen molar-refractivity contribution in [3.05, 3.63) is 120 Å². The summed E-state index contributed by atoms with van der Waals surface area (Å²) in [5.41, 5.74) is 6.76. The number of aromatic nitrogens is 4. The molecule has 0 aliphatic rings. The van der Waals surface area contributed by atoms with Gasteiger partial charge in [0.2, 0.25) is 0 Å². The Kier molecular flexibility index (Phi) is 12.9. The van der Waals surface area contributed by atoms with Crippen LogP contribution in [0.25, 0.3) is 22.1 Å². The number of hydrogen-bond donors (Lipinski definition) is 0. The van der Waals surface area contributed by atoms with Gasteiger partial charge < -0.3 is 27.2 Å². The lowest BCUT2D eigenvalue weighted by molar-refractivity contribution is 0.229. The second-order valence-electron chi connectivity index (χ2n) is 11.4. The Morgan fingerprint density at radius 1 is 0.558 bits per heavy atom. The average Bonchev–Trinajstić information content (AvgIpc) is 3.75. The van der Waals surface area contributed by atoms with Crippen molar-refractivity contribution in [2.45, 2.75) is 40.8 Å². The highest BCUT2D eigenvalue weighted by atomic mass is 31.2. The maximum Gasteiger partial charge on any atom is 0.361 e. The molecule has 0 amide bonds. The SMILES string of the molecule is CCOP(=O)(OCC)c1ccc(Cn2cnc3cc(C#N)ccc32)cc1.CCOP(=O)(OCC)c1ccc(Cn2cnc3ccc(C#N)cc32)cc1. The highest BCUT2D eigenvalue weighted by Crippen LogP contribution is 2.47. The molecule has 0 unspecified atom stereocenters. The number of nitrogens with zero attached hydrogens (tertiary/aromatic N) is 6. The third-order valence-corrected chi connectivity index (χ3v) is 12.2. The van der Waals surface area contributed by atoms with Gasteiger partial charge in [-0.2, -0.15) is 10.5 Å². The number of hydrogen-bond acceptors (Lipinski definition) is 10. The summed E-state index contributed by atoms with van der Waals surface area (Å²) in [4.78, 5) is 8.72. The van der Waals surface area contributed by atoms with Crippen LogP contribution in [0.15, 0.2) is 97.6 Å². The molecular weight excluding hydrogens is 698 g/mol. The number of benzene rings is 4. The maximum absolute atomic E-state index is 12.8. The highest BCUT2D eigenvalue weighted by Gasteiger charge is 2.27. The van der Waals surface area contributed by atoms with Crippen molar-refractivity contribution in [3.8, 4) is 12.1 Å². The number of fused-ring (bicyclic) bond motifs is 2. The molecule has 268 valence electrons. The zero-order valence-electron chi connectivity index (χ0n) is 29.5. The van der Waals surface area contributed by atoms with Gasteiger partial charge in [-0.25, -0.2) is 9.97 Å². The fraction of sp³-hybridized carbons (Fsp3) is 0.263. The molecule has 0 aliphatic heterocycles. The van der Waals surface area contributed by atoms with E-state index in [1.165, 1.54) is 0 Å². The van der Waals surface area contributed by atoms with Gasteiger partial charge >= 0.3 is 15.2 Å². The van der Waals surface area contributed by atoms with E-state index in [-0.39, 0.29) is 0 Å². The summed E-state index contributed by atoms with van der Waals surface area (Å²) >= 11 is 0. The fourth-order valence-electron chi connectivity index (χ4n) is 5.53. The highest BCUT2D eigenvalue weighted by molar-refractivity contribution is 7.62. The molecule has 6 rings (SSSR count). The van der Waals surface area contributed by atoms with Gasteiger partial charge in [0.05, 0.1) is 95.0 Å². The maximum atomic E-state index is 12.8. The van der Waals surface area contributed by atoms with E-state index < -0.39 is 15.2 Å². The quantitative estimate of drug-likeness (QED) is 0.102. The Morgan fingerprint density at radius 3 is 1.44 bits per heavy atom. The molecule has 0 saturated carbocycles. The fourth-order valence-corrected chi connectivity index (χ4v) is 8.66. The van der Waals surface area contributed by atoms with Gasteiger partial charge in [-0.3, -0.25) is 9.13 Å². The molecule has 2 heterocycles. The summed E-state index contributed by atoms with van der Waals surface area (Å²) in [6.07, 6.45) is 3.51. The Hall–Kier alpha value is -4.90. The molecule has 2 aromatic heterocycles.